The number of nitrogens with zero attached hydrogens (tertiary/aromatic N) is 1. The summed E-state index contributed by atoms with van der Waals surface area (Å²) >= 11 is 0. The zero-order valence-electron chi connectivity index (χ0n) is 8.73. The summed E-state index contributed by atoms with van der Waals surface area (Å²) in [4.78, 5) is 11.7. The largest absolute Gasteiger partial charge is 0.344 e. The van der Waals surface area contributed by atoms with Crippen LogP contribution in [-0.2, 0) is 0 Å². The zero-order chi connectivity index (χ0) is 10.4. The van der Waals surface area contributed by atoms with Gasteiger partial charge in [-0.2, -0.15) is 0 Å². The summed E-state index contributed by atoms with van der Waals surface area (Å²) in [7, 11) is 0. The van der Waals surface area contributed by atoms with Crippen LogP contribution in [0.2, 0.25) is 0 Å². The van der Waals surface area contributed by atoms with Gasteiger partial charge < -0.3 is 4.57 Å². The maximum atomic E-state index is 11.7. The van der Waals surface area contributed by atoms with Crippen LogP contribution >= 0.6 is 0 Å². The van der Waals surface area contributed by atoms with E-state index in [1.165, 1.54) is 12.8 Å². The molecule has 0 saturated heterocycles. The molecule has 0 spiro atoms. The molecular formula is C13H13NO. The van der Waals surface area contributed by atoms with E-state index in [1.807, 2.05) is 19.2 Å². The third-order valence-corrected chi connectivity index (χ3v) is 3.02. The van der Waals surface area contributed by atoms with E-state index in [4.69, 9.17) is 0 Å². The van der Waals surface area contributed by atoms with Crippen molar-refractivity contribution in [2.45, 2.75) is 25.8 Å². The van der Waals surface area contributed by atoms with Gasteiger partial charge in [0.15, 0.2) is 5.43 Å². The topological polar surface area (TPSA) is 22.0 Å². The molecule has 2 heteroatoms. The van der Waals surface area contributed by atoms with E-state index in [0.29, 0.717) is 6.04 Å². The number of benzene rings is 1. The van der Waals surface area contributed by atoms with Crippen molar-refractivity contribution in [1.29, 1.82) is 0 Å². The zero-order valence-corrected chi connectivity index (χ0v) is 8.73. The minimum Gasteiger partial charge on any atom is -0.344 e. The van der Waals surface area contributed by atoms with Crippen LogP contribution in [-0.4, -0.2) is 4.57 Å². The number of pyridine rings is 1. The van der Waals surface area contributed by atoms with E-state index < -0.39 is 0 Å². The molecule has 1 saturated carbocycles. The van der Waals surface area contributed by atoms with Gasteiger partial charge in [-0.15, -0.1) is 0 Å². The molecule has 1 aromatic carbocycles. The molecule has 0 bridgehead atoms. The van der Waals surface area contributed by atoms with Crippen molar-refractivity contribution in [3.8, 4) is 0 Å². The molecule has 0 amide bonds. The molecule has 1 fully saturated rings. The maximum absolute atomic E-state index is 11.7. The monoisotopic (exact) mass is 199 g/mol. The minimum atomic E-state index is 0.130. The lowest BCUT2D eigenvalue weighted by Crippen LogP contribution is -2.06. The van der Waals surface area contributed by atoms with Gasteiger partial charge in [0.1, 0.15) is 0 Å². The highest BCUT2D eigenvalue weighted by Gasteiger charge is 2.23. The Kier molecular flexibility index (Phi) is 1.72. The Balaban J connectivity index is 2.39. The molecule has 0 aliphatic heterocycles. The van der Waals surface area contributed by atoms with Crippen LogP contribution in [0.1, 0.15) is 24.4 Å². The van der Waals surface area contributed by atoms with Gasteiger partial charge in [-0.05, 0) is 31.9 Å². The van der Waals surface area contributed by atoms with E-state index in [9.17, 15) is 4.79 Å². The molecule has 0 N–H and O–H groups in total. The summed E-state index contributed by atoms with van der Waals surface area (Å²) in [5.41, 5.74) is 2.36. The highest BCUT2D eigenvalue weighted by Crippen LogP contribution is 2.36. The number of aryl methyl sites for hydroxylation is 1. The Morgan fingerprint density at radius 2 is 2.07 bits per heavy atom. The third-order valence-electron chi connectivity index (χ3n) is 3.02. The molecule has 1 heterocycles. The quantitative estimate of drug-likeness (QED) is 0.692. The summed E-state index contributed by atoms with van der Waals surface area (Å²) in [6.07, 6.45) is 4.41. The lowest BCUT2D eigenvalue weighted by molar-refractivity contribution is 0.766. The minimum absolute atomic E-state index is 0.130. The van der Waals surface area contributed by atoms with Crippen LogP contribution in [0.5, 0.6) is 0 Å². The first-order valence-electron chi connectivity index (χ1n) is 5.37. The highest BCUT2D eigenvalue weighted by atomic mass is 16.1. The summed E-state index contributed by atoms with van der Waals surface area (Å²) < 4.78 is 2.23. The molecule has 1 aromatic heterocycles. The molecule has 0 unspecified atom stereocenters. The van der Waals surface area contributed by atoms with E-state index in [-0.39, 0.29) is 5.43 Å². The van der Waals surface area contributed by atoms with Gasteiger partial charge in [-0.3, -0.25) is 4.79 Å². The molecule has 1 aliphatic carbocycles. The number of hydrogen-bond acceptors (Lipinski definition) is 1. The molecule has 2 nitrogen and oxygen atoms in total. The van der Waals surface area contributed by atoms with E-state index in [0.717, 1.165) is 16.5 Å². The van der Waals surface area contributed by atoms with Crippen LogP contribution in [0.25, 0.3) is 10.9 Å². The summed E-state index contributed by atoms with van der Waals surface area (Å²) in [5.74, 6) is 0. The van der Waals surface area contributed by atoms with Crippen molar-refractivity contribution in [3.05, 3.63) is 46.2 Å². The molecular weight excluding hydrogens is 186 g/mol. The number of hydrogen-bond donors (Lipinski definition) is 0. The molecule has 2 aromatic rings. The summed E-state index contributed by atoms with van der Waals surface area (Å²) in [6.45, 7) is 2.02. The van der Waals surface area contributed by atoms with Gasteiger partial charge >= 0.3 is 0 Å². The predicted molar refractivity (Wildman–Crippen MR) is 61.2 cm³/mol. The van der Waals surface area contributed by atoms with Gasteiger partial charge in [0.25, 0.3) is 0 Å². The Bertz CT molecular complexity index is 579. The van der Waals surface area contributed by atoms with E-state index in [2.05, 4.69) is 16.7 Å². The standard InChI is InChI=1S/C13H13NO/c1-9-2-5-12-11(8-9)13(15)6-7-14(12)10-3-4-10/h2,5-8,10H,3-4H2,1H3. The van der Waals surface area contributed by atoms with E-state index >= 15 is 0 Å². The maximum Gasteiger partial charge on any atom is 0.189 e. The van der Waals surface area contributed by atoms with Gasteiger partial charge in [0.05, 0.1) is 5.52 Å². The molecule has 0 radical (unpaired) electrons. The van der Waals surface area contributed by atoms with Gasteiger partial charge in [0.2, 0.25) is 0 Å². The third kappa shape index (κ3) is 1.37. The fraction of sp³-hybridized carbons (Fsp3) is 0.308. The fourth-order valence-electron chi connectivity index (χ4n) is 2.06. The van der Waals surface area contributed by atoms with Crippen molar-refractivity contribution in [3.63, 3.8) is 0 Å². The van der Waals surface area contributed by atoms with Crippen molar-refractivity contribution < 1.29 is 0 Å². The van der Waals surface area contributed by atoms with Crippen molar-refractivity contribution in [1.82, 2.24) is 4.57 Å². The lowest BCUT2D eigenvalue weighted by Gasteiger charge is -2.09. The highest BCUT2D eigenvalue weighted by molar-refractivity contribution is 5.79. The molecule has 0 atom stereocenters. The number of aromatic nitrogens is 1. The van der Waals surface area contributed by atoms with Crippen LogP contribution in [0.15, 0.2) is 35.3 Å². The van der Waals surface area contributed by atoms with Crippen molar-refractivity contribution >= 4 is 10.9 Å². The fourth-order valence-corrected chi connectivity index (χ4v) is 2.06. The second kappa shape index (κ2) is 2.96. The lowest BCUT2D eigenvalue weighted by atomic mass is 10.1. The summed E-state index contributed by atoms with van der Waals surface area (Å²) in [5, 5.41) is 0.851. The Labute approximate surface area is 88.2 Å². The Morgan fingerprint density at radius 1 is 1.27 bits per heavy atom. The van der Waals surface area contributed by atoms with E-state index in [1.54, 1.807) is 6.07 Å². The Morgan fingerprint density at radius 3 is 2.80 bits per heavy atom. The first-order chi connectivity index (χ1) is 7.25. The smallest absolute Gasteiger partial charge is 0.189 e. The predicted octanol–water partition coefficient (Wildman–Crippen LogP) is 2.64. The normalized spacial score (nSPS) is 15.8. The van der Waals surface area contributed by atoms with Crippen molar-refractivity contribution in [2.75, 3.05) is 0 Å². The second-order valence-corrected chi connectivity index (χ2v) is 4.34. The first kappa shape index (κ1) is 8.72. The van der Waals surface area contributed by atoms with Crippen molar-refractivity contribution in [2.24, 2.45) is 0 Å². The molecule has 76 valence electrons. The number of fused-ring (bicyclic) bond motifs is 1. The Hall–Kier alpha value is -1.57. The average molecular weight is 199 g/mol. The SMILES string of the molecule is Cc1ccc2c(c1)c(=O)ccn2C1CC1. The van der Waals surface area contributed by atoms with Crippen LogP contribution in [0.4, 0.5) is 0 Å². The number of rotatable bonds is 1. The van der Waals surface area contributed by atoms with Gasteiger partial charge in [0, 0.05) is 23.7 Å². The first-order valence-corrected chi connectivity index (χ1v) is 5.37. The van der Waals surface area contributed by atoms with Crippen LogP contribution < -0.4 is 5.43 Å². The second-order valence-electron chi connectivity index (χ2n) is 4.34. The van der Waals surface area contributed by atoms with Crippen LogP contribution in [0.3, 0.4) is 0 Å². The molecule has 15 heavy (non-hydrogen) atoms. The average Bonchev–Trinajstić information content (AvgIpc) is 3.03. The summed E-state index contributed by atoms with van der Waals surface area (Å²) in [6, 6.07) is 8.41. The molecule has 3 rings (SSSR count). The van der Waals surface area contributed by atoms with Crippen LogP contribution in [0, 0.1) is 6.92 Å². The van der Waals surface area contributed by atoms with Gasteiger partial charge in [-0.1, -0.05) is 11.6 Å². The molecule has 1 aliphatic rings. The van der Waals surface area contributed by atoms with Gasteiger partial charge in [-0.25, -0.2) is 0 Å².